The molecule has 0 aromatic heterocycles. The quantitative estimate of drug-likeness (QED) is 0.712. The average molecular weight is 163 g/mol. The van der Waals surface area contributed by atoms with E-state index in [1.165, 1.54) is 5.56 Å². The predicted octanol–water partition coefficient (Wildman–Crippen LogP) is 2.34. The van der Waals surface area contributed by atoms with E-state index in [1.807, 2.05) is 38.1 Å². The molecule has 2 nitrogen and oxygen atoms in total. The van der Waals surface area contributed by atoms with Gasteiger partial charge in [0.25, 0.3) is 0 Å². The van der Waals surface area contributed by atoms with Crippen molar-refractivity contribution in [3.8, 4) is 0 Å². The van der Waals surface area contributed by atoms with E-state index in [1.54, 1.807) is 0 Å². The molecule has 0 fully saturated rings. The molecule has 0 aliphatic rings. The van der Waals surface area contributed by atoms with E-state index in [0.717, 1.165) is 5.69 Å². The monoisotopic (exact) mass is 163 g/mol. The molecule has 1 aromatic rings. The van der Waals surface area contributed by atoms with Gasteiger partial charge in [0.15, 0.2) is 0 Å². The normalized spacial score (nSPS) is 9.50. The Morgan fingerprint density at radius 3 is 2.42 bits per heavy atom. The summed E-state index contributed by atoms with van der Waals surface area (Å²) >= 11 is 0. The third-order valence-corrected chi connectivity index (χ3v) is 1.66. The van der Waals surface area contributed by atoms with Crippen molar-refractivity contribution in [3.05, 3.63) is 29.8 Å². The second kappa shape index (κ2) is 3.90. The molecule has 0 aliphatic carbocycles. The first kappa shape index (κ1) is 8.78. The van der Waals surface area contributed by atoms with Crippen LogP contribution in [0.15, 0.2) is 24.3 Å². The molecular weight excluding hydrogens is 150 g/mol. The van der Waals surface area contributed by atoms with E-state index >= 15 is 0 Å². The van der Waals surface area contributed by atoms with Crippen molar-refractivity contribution in [1.82, 2.24) is 0 Å². The molecular formula is C10H13NO. The first-order valence-corrected chi connectivity index (χ1v) is 4.09. The summed E-state index contributed by atoms with van der Waals surface area (Å²) < 4.78 is 0. The van der Waals surface area contributed by atoms with Gasteiger partial charge in [-0.2, -0.15) is 0 Å². The third kappa shape index (κ3) is 2.38. The molecule has 1 amide bonds. The van der Waals surface area contributed by atoms with E-state index < -0.39 is 0 Å². The van der Waals surface area contributed by atoms with Crippen molar-refractivity contribution in [1.29, 1.82) is 0 Å². The maximum atomic E-state index is 11.0. The van der Waals surface area contributed by atoms with Gasteiger partial charge >= 0.3 is 0 Å². The molecule has 1 rings (SSSR count). The van der Waals surface area contributed by atoms with Crippen molar-refractivity contribution in [3.63, 3.8) is 0 Å². The number of hydrogen-bond donors (Lipinski definition) is 1. The largest absolute Gasteiger partial charge is 0.326 e. The minimum atomic E-state index is 0.0545. The Balaban J connectivity index is 2.64. The molecule has 1 aromatic carbocycles. The Kier molecular flexibility index (Phi) is 2.86. The first-order chi connectivity index (χ1) is 5.72. The fraction of sp³-hybridized carbons (Fsp3) is 0.300. The molecule has 0 aliphatic heterocycles. The number of carbonyl (C=O) groups is 1. The highest BCUT2D eigenvalue weighted by molar-refractivity contribution is 5.90. The second-order valence-electron chi connectivity index (χ2n) is 2.77. The molecule has 0 bridgehead atoms. The molecule has 0 spiro atoms. The Hall–Kier alpha value is -1.31. The van der Waals surface area contributed by atoms with Crippen LogP contribution in [0.1, 0.15) is 18.9 Å². The number of hydrogen-bond acceptors (Lipinski definition) is 1. The zero-order valence-corrected chi connectivity index (χ0v) is 7.42. The summed E-state index contributed by atoms with van der Waals surface area (Å²) in [6, 6.07) is 7.77. The maximum Gasteiger partial charge on any atom is 0.224 e. The van der Waals surface area contributed by atoms with Gasteiger partial charge in [0.05, 0.1) is 0 Å². The number of rotatable bonds is 2. The van der Waals surface area contributed by atoms with Crippen LogP contribution in [0.3, 0.4) is 0 Å². The lowest BCUT2D eigenvalue weighted by Gasteiger charge is -2.02. The van der Waals surface area contributed by atoms with Gasteiger partial charge in [0.2, 0.25) is 5.91 Å². The predicted molar refractivity (Wildman–Crippen MR) is 50.1 cm³/mol. The van der Waals surface area contributed by atoms with Crippen LogP contribution in [0.2, 0.25) is 0 Å². The summed E-state index contributed by atoms with van der Waals surface area (Å²) in [5.74, 6) is 0.0545. The van der Waals surface area contributed by atoms with Crippen LogP contribution in [0.5, 0.6) is 0 Å². The van der Waals surface area contributed by atoms with Crippen molar-refractivity contribution in [2.45, 2.75) is 20.3 Å². The third-order valence-electron chi connectivity index (χ3n) is 1.66. The molecule has 64 valence electrons. The van der Waals surface area contributed by atoms with Gasteiger partial charge in [0.1, 0.15) is 0 Å². The van der Waals surface area contributed by atoms with Gasteiger partial charge in [-0.15, -0.1) is 0 Å². The fourth-order valence-electron chi connectivity index (χ4n) is 0.886. The summed E-state index contributed by atoms with van der Waals surface area (Å²) in [5.41, 5.74) is 2.07. The molecule has 0 radical (unpaired) electrons. The van der Waals surface area contributed by atoms with E-state index in [2.05, 4.69) is 5.32 Å². The number of anilines is 1. The van der Waals surface area contributed by atoms with Gasteiger partial charge in [-0.3, -0.25) is 4.79 Å². The van der Waals surface area contributed by atoms with Crippen LogP contribution in [0.4, 0.5) is 5.69 Å². The number of aryl methyl sites for hydroxylation is 1. The Morgan fingerprint density at radius 2 is 1.92 bits per heavy atom. The highest BCUT2D eigenvalue weighted by Crippen LogP contribution is 2.08. The number of nitrogens with one attached hydrogen (secondary N) is 1. The Labute approximate surface area is 72.6 Å². The second-order valence-corrected chi connectivity index (χ2v) is 2.77. The SMILES string of the molecule is CCC(=O)Nc1ccc(C)cc1. The molecule has 2 heteroatoms. The summed E-state index contributed by atoms with van der Waals surface area (Å²) in [6.45, 7) is 3.86. The van der Waals surface area contributed by atoms with E-state index in [-0.39, 0.29) is 5.91 Å². The van der Waals surface area contributed by atoms with Crippen molar-refractivity contribution < 1.29 is 4.79 Å². The zero-order chi connectivity index (χ0) is 8.97. The van der Waals surface area contributed by atoms with Gasteiger partial charge in [-0.05, 0) is 19.1 Å². The van der Waals surface area contributed by atoms with Crippen LogP contribution < -0.4 is 5.32 Å². The molecule has 0 saturated heterocycles. The maximum absolute atomic E-state index is 11.0. The molecule has 12 heavy (non-hydrogen) atoms. The zero-order valence-electron chi connectivity index (χ0n) is 7.42. The molecule has 0 atom stereocenters. The van der Waals surface area contributed by atoms with Crippen molar-refractivity contribution >= 4 is 11.6 Å². The van der Waals surface area contributed by atoms with Crippen LogP contribution in [0, 0.1) is 6.92 Å². The molecule has 1 N–H and O–H groups in total. The Bertz CT molecular complexity index is 264. The minimum Gasteiger partial charge on any atom is -0.326 e. The summed E-state index contributed by atoms with van der Waals surface area (Å²) in [5, 5.41) is 2.78. The first-order valence-electron chi connectivity index (χ1n) is 4.09. The summed E-state index contributed by atoms with van der Waals surface area (Å²) in [7, 11) is 0. The van der Waals surface area contributed by atoms with Crippen LogP contribution in [-0.2, 0) is 4.79 Å². The fourth-order valence-corrected chi connectivity index (χ4v) is 0.886. The Morgan fingerprint density at radius 1 is 1.33 bits per heavy atom. The van der Waals surface area contributed by atoms with Gasteiger partial charge < -0.3 is 5.32 Å². The lowest BCUT2D eigenvalue weighted by Crippen LogP contribution is -2.08. The van der Waals surface area contributed by atoms with Gasteiger partial charge in [0, 0.05) is 12.1 Å². The van der Waals surface area contributed by atoms with Crippen molar-refractivity contribution in [2.75, 3.05) is 5.32 Å². The van der Waals surface area contributed by atoms with Crippen LogP contribution >= 0.6 is 0 Å². The van der Waals surface area contributed by atoms with E-state index in [4.69, 9.17) is 0 Å². The molecule has 0 heterocycles. The van der Waals surface area contributed by atoms with Gasteiger partial charge in [-0.25, -0.2) is 0 Å². The van der Waals surface area contributed by atoms with Crippen LogP contribution in [0.25, 0.3) is 0 Å². The van der Waals surface area contributed by atoms with Crippen LogP contribution in [-0.4, -0.2) is 5.91 Å². The average Bonchev–Trinajstić information content (AvgIpc) is 2.09. The number of carbonyl (C=O) groups excluding carboxylic acids is 1. The van der Waals surface area contributed by atoms with E-state index in [0.29, 0.717) is 6.42 Å². The molecule has 0 saturated carbocycles. The summed E-state index contributed by atoms with van der Waals surface area (Å²) in [6.07, 6.45) is 0.522. The highest BCUT2D eigenvalue weighted by atomic mass is 16.1. The van der Waals surface area contributed by atoms with E-state index in [9.17, 15) is 4.79 Å². The lowest BCUT2D eigenvalue weighted by molar-refractivity contribution is -0.115. The highest BCUT2D eigenvalue weighted by Gasteiger charge is 1.96. The standard InChI is InChI=1S/C10H13NO/c1-3-10(12)11-9-6-4-8(2)5-7-9/h4-7H,3H2,1-2H3,(H,11,12). The molecule has 0 unspecified atom stereocenters. The van der Waals surface area contributed by atoms with Crippen molar-refractivity contribution in [2.24, 2.45) is 0 Å². The van der Waals surface area contributed by atoms with Gasteiger partial charge in [-0.1, -0.05) is 24.6 Å². The minimum absolute atomic E-state index is 0.0545. The lowest BCUT2D eigenvalue weighted by atomic mass is 10.2. The number of benzene rings is 1. The smallest absolute Gasteiger partial charge is 0.224 e. The summed E-state index contributed by atoms with van der Waals surface area (Å²) in [4.78, 5) is 11.0. The number of amides is 1. The topological polar surface area (TPSA) is 29.1 Å².